The zero-order chi connectivity index (χ0) is 12.7. The maximum Gasteiger partial charge on any atom is 0.229 e. The van der Waals surface area contributed by atoms with E-state index in [0.717, 1.165) is 5.52 Å². The molecular formula is C13H12N2O2S. The van der Waals surface area contributed by atoms with Crippen molar-refractivity contribution in [1.82, 2.24) is 4.98 Å². The van der Waals surface area contributed by atoms with Crippen LogP contribution in [0.25, 0.3) is 10.9 Å². The molecule has 0 saturated carbocycles. The first-order valence-electron chi connectivity index (χ1n) is 5.75. The molecule has 0 spiro atoms. The normalized spacial score (nSPS) is 19.7. The van der Waals surface area contributed by atoms with Crippen LogP contribution in [0, 0.1) is 0 Å². The van der Waals surface area contributed by atoms with E-state index in [1.54, 1.807) is 11.0 Å². The lowest BCUT2D eigenvalue weighted by Crippen LogP contribution is -2.26. The second kappa shape index (κ2) is 4.17. The van der Waals surface area contributed by atoms with Crippen molar-refractivity contribution in [3.63, 3.8) is 0 Å². The topological polar surface area (TPSA) is 53.2 Å². The molecule has 1 saturated heterocycles. The number of aromatic amines is 1. The maximum atomic E-state index is 12.0. The van der Waals surface area contributed by atoms with E-state index in [-0.39, 0.29) is 16.6 Å². The molecule has 92 valence electrons. The maximum absolute atomic E-state index is 12.0. The van der Waals surface area contributed by atoms with E-state index in [9.17, 15) is 9.59 Å². The van der Waals surface area contributed by atoms with Crippen LogP contribution in [0.4, 0.5) is 5.82 Å². The Labute approximate surface area is 109 Å². The average molecular weight is 260 g/mol. The summed E-state index contributed by atoms with van der Waals surface area (Å²) in [6.45, 7) is 0.538. The number of nitrogens with one attached hydrogen (secondary N) is 1. The molecule has 1 atom stereocenters. The Hall–Kier alpha value is -1.75. The molecule has 2 aromatic rings. The number of pyridine rings is 1. The van der Waals surface area contributed by atoms with Crippen LogP contribution in [0.5, 0.6) is 0 Å². The summed E-state index contributed by atoms with van der Waals surface area (Å²) in [5.41, 5.74) is 0.671. The largest absolute Gasteiger partial charge is 0.341 e. The quantitative estimate of drug-likeness (QED) is 0.765. The van der Waals surface area contributed by atoms with E-state index >= 15 is 0 Å². The second-order valence-corrected chi connectivity index (χ2v) is 5.16. The Morgan fingerprint density at radius 2 is 2.06 bits per heavy atom. The Balaban J connectivity index is 2.14. The number of anilines is 1. The van der Waals surface area contributed by atoms with Crippen LogP contribution in [0.1, 0.15) is 6.42 Å². The van der Waals surface area contributed by atoms with Gasteiger partial charge in [0.15, 0.2) is 5.43 Å². The second-order valence-electron chi connectivity index (χ2n) is 4.43. The van der Waals surface area contributed by atoms with Gasteiger partial charge in [0.2, 0.25) is 5.91 Å². The monoisotopic (exact) mass is 260 g/mol. The molecule has 0 radical (unpaired) electrons. The lowest BCUT2D eigenvalue weighted by molar-refractivity contribution is -0.117. The summed E-state index contributed by atoms with van der Waals surface area (Å²) in [7, 11) is 0. The van der Waals surface area contributed by atoms with Crippen molar-refractivity contribution in [3.8, 4) is 0 Å². The summed E-state index contributed by atoms with van der Waals surface area (Å²) in [6, 6.07) is 8.76. The molecule has 1 amide bonds. The highest BCUT2D eigenvalue weighted by molar-refractivity contribution is 7.81. The summed E-state index contributed by atoms with van der Waals surface area (Å²) in [6.07, 6.45) is 0.415. The Morgan fingerprint density at radius 1 is 1.28 bits per heavy atom. The van der Waals surface area contributed by atoms with Gasteiger partial charge < -0.3 is 4.98 Å². The Morgan fingerprint density at radius 3 is 2.78 bits per heavy atom. The van der Waals surface area contributed by atoms with Gasteiger partial charge in [0.05, 0.1) is 5.52 Å². The van der Waals surface area contributed by atoms with Crippen molar-refractivity contribution in [2.24, 2.45) is 0 Å². The van der Waals surface area contributed by atoms with Crippen LogP contribution in [-0.4, -0.2) is 22.7 Å². The number of hydrogen-bond acceptors (Lipinski definition) is 3. The molecule has 0 bridgehead atoms. The molecule has 18 heavy (non-hydrogen) atoms. The highest BCUT2D eigenvalue weighted by atomic mass is 32.1. The van der Waals surface area contributed by atoms with Crippen molar-refractivity contribution in [2.75, 3.05) is 11.4 Å². The van der Waals surface area contributed by atoms with Crippen molar-refractivity contribution >= 4 is 35.3 Å². The van der Waals surface area contributed by atoms with E-state index in [0.29, 0.717) is 24.2 Å². The van der Waals surface area contributed by atoms with E-state index in [1.165, 1.54) is 6.07 Å². The molecule has 3 rings (SSSR count). The van der Waals surface area contributed by atoms with Gasteiger partial charge in [-0.05, 0) is 12.1 Å². The molecule has 1 unspecified atom stereocenters. The van der Waals surface area contributed by atoms with E-state index in [4.69, 9.17) is 0 Å². The van der Waals surface area contributed by atoms with E-state index in [1.807, 2.05) is 18.2 Å². The highest BCUT2D eigenvalue weighted by Crippen LogP contribution is 2.22. The molecular weight excluding hydrogens is 248 g/mol. The number of rotatable bonds is 1. The number of nitrogens with zero attached hydrogens (tertiary/aromatic N) is 1. The summed E-state index contributed by atoms with van der Waals surface area (Å²) < 4.78 is 0. The van der Waals surface area contributed by atoms with Crippen LogP contribution in [0.15, 0.2) is 35.1 Å². The van der Waals surface area contributed by atoms with Gasteiger partial charge in [-0.3, -0.25) is 14.5 Å². The number of carbonyl (C=O) groups is 1. The van der Waals surface area contributed by atoms with Crippen molar-refractivity contribution in [3.05, 3.63) is 40.6 Å². The third kappa shape index (κ3) is 1.80. The van der Waals surface area contributed by atoms with Crippen LogP contribution in [0.3, 0.4) is 0 Å². The van der Waals surface area contributed by atoms with E-state index < -0.39 is 0 Å². The minimum atomic E-state index is -0.0743. The fraction of sp³-hybridized carbons (Fsp3) is 0.231. The summed E-state index contributed by atoms with van der Waals surface area (Å²) in [5.74, 6) is 0.557. The number of H-pyrrole nitrogens is 1. The fourth-order valence-electron chi connectivity index (χ4n) is 2.25. The molecule has 4 nitrogen and oxygen atoms in total. The van der Waals surface area contributed by atoms with Crippen molar-refractivity contribution in [1.29, 1.82) is 0 Å². The molecule has 1 aromatic carbocycles. The lowest BCUT2D eigenvalue weighted by Gasteiger charge is -2.16. The molecule has 1 aliphatic heterocycles. The SMILES string of the molecule is O=C1CC(S)CN1c1cc(=O)c2ccccc2[nH]1. The third-order valence-corrected chi connectivity index (χ3v) is 3.46. The number of aromatic nitrogens is 1. The number of carbonyl (C=O) groups excluding carboxylic acids is 1. The molecule has 5 heteroatoms. The van der Waals surface area contributed by atoms with Gasteiger partial charge in [0.1, 0.15) is 5.82 Å². The van der Waals surface area contributed by atoms with Crippen LogP contribution in [-0.2, 0) is 4.79 Å². The first-order chi connectivity index (χ1) is 8.65. The number of para-hydroxylation sites is 1. The molecule has 2 heterocycles. The summed E-state index contributed by atoms with van der Waals surface area (Å²) in [4.78, 5) is 28.5. The minimum absolute atomic E-state index is 0.000862. The van der Waals surface area contributed by atoms with Gasteiger partial charge in [-0.1, -0.05) is 12.1 Å². The zero-order valence-electron chi connectivity index (χ0n) is 9.59. The summed E-state index contributed by atoms with van der Waals surface area (Å²) >= 11 is 4.31. The van der Waals surface area contributed by atoms with Gasteiger partial charge in [-0.15, -0.1) is 0 Å². The molecule has 0 aliphatic carbocycles. The number of hydrogen-bond donors (Lipinski definition) is 2. The van der Waals surface area contributed by atoms with Gasteiger partial charge in [-0.2, -0.15) is 12.6 Å². The van der Waals surface area contributed by atoms with Gasteiger partial charge in [0, 0.05) is 29.7 Å². The first kappa shape index (κ1) is 11.3. The standard InChI is InChI=1S/C13H12N2O2S/c16-11-6-12(15-7-8(18)5-13(15)17)14-10-4-2-1-3-9(10)11/h1-4,6,8,18H,5,7H2,(H,14,16). The van der Waals surface area contributed by atoms with Crippen molar-refractivity contribution in [2.45, 2.75) is 11.7 Å². The van der Waals surface area contributed by atoms with Crippen LogP contribution < -0.4 is 10.3 Å². The van der Waals surface area contributed by atoms with Gasteiger partial charge in [0.25, 0.3) is 0 Å². The molecule has 1 N–H and O–H groups in total. The molecule has 1 aliphatic rings. The number of benzene rings is 1. The van der Waals surface area contributed by atoms with Gasteiger partial charge >= 0.3 is 0 Å². The number of amides is 1. The Bertz CT molecular complexity index is 680. The average Bonchev–Trinajstić information content (AvgIpc) is 2.68. The highest BCUT2D eigenvalue weighted by Gasteiger charge is 2.29. The smallest absolute Gasteiger partial charge is 0.229 e. The molecule has 1 aromatic heterocycles. The summed E-state index contributed by atoms with van der Waals surface area (Å²) in [5, 5.41) is 0.669. The third-order valence-electron chi connectivity index (χ3n) is 3.12. The predicted molar refractivity (Wildman–Crippen MR) is 74.3 cm³/mol. The fourth-order valence-corrected chi connectivity index (χ4v) is 2.57. The Kier molecular flexibility index (Phi) is 2.63. The van der Waals surface area contributed by atoms with E-state index in [2.05, 4.69) is 17.6 Å². The predicted octanol–water partition coefficient (Wildman–Crippen LogP) is 1.56. The first-order valence-corrected chi connectivity index (χ1v) is 6.27. The number of thiol groups is 1. The molecule has 1 fully saturated rings. The zero-order valence-corrected chi connectivity index (χ0v) is 10.5. The van der Waals surface area contributed by atoms with Crippen LogP contribution >= 0.6 is 12.6 Å². The van der Waals surface area contributed by atoms with Crippen LogP contribution in [0.2, 0.25) is 0 Å². The van der Waals surface area contributed by atoms with Gasteiger partial charge in [-0.25, -0.2) is 0 Å². The minimum Gasteiger partial charge on any atom is -0.341 e. The van der Waals surface area contributed by atoms with Crippen molar-refractivity contribution < 1.29 is 4.79 Å². The number of fused-ring (bicyclic) bond motifs is 1. The lowest BCUT2D eigenvalue weighted by atomic mass is 10.2.